The van der Waals surface area contributed by atoms with E-state index in [0.29, 0.717) is 5.69 Å². The molecule has 1 rings (SSSR count). The first-order valence-electron chi connectivity index (χ1n) is 2.65. The van der Waals surface area contributed by atoms with Crippen molar-refractivity contribution in [2.24, 2.45) is 5.84 Å². The van der Waals surface area contributed by atoms with Crippen LogP contribution in [0.25, 0.3) is 0 Å². The number of nitrogens with two attached hydrogens (primary N) is 1. The van der Waals surface area contributed by atoms with Gasteiger partial charge in [0, 0.05) is 0 Å². The lowest BCUT2D eigenvalue weighted by atomic mass is 10.3. The Hall–Kier alpha value is -0.510. The van der Waals surface area contributed by atoms with Gasteiger partial charge in [-0.15, -0.1) is 12.4 Å². The van der Waals surface area contributed by atoms with Gasteiger partial charge in [-0.05, 0) is 18.2 Å². The van der Waals surface area contributed by atoms with E-state index in [1.807, 2.05) is 0 Å². The third-order valence-corrected chi connectivity index (χ3v) is 1.39. The smallest absolute Gasteiger partial charge is 0.143 e. The van der Waals surface area contributed by atoms with Crippen LogP contribution in [0.2, 0.25) is 5.02 Å². The SMILES string of the molecule is Cl.NNc1ccc(Cl)c(F)c1. The minimum absolute atomic E-state index is 0. The van der Waals surface area contributed by atoms with Crippen molar-refractivity contribution in [2.75, 3.05) is 5.43 Å². The summed E-state index contributed by atoms with van der Waals surface area (Å²) in [7, 11) is 0. The van der Waals surface area contributed by atoms with Crippen LogP contribution in [-0.2, 0) is 0 Å². The predicted octanol–water partition coefficient (Wildman–Crippen LogP) is 2.19. The zero-order valence-electron chi connectivity index (χ0n) is 5.47. The second-order valence-corrected chi connectivity index (χ2v) is 2.18. The zero-order valence-corrected chi connectivity index (χ0v) is 7.05. The Kier molecular flexibility index (Phi) is 4.18. The molecule has 0 aliphatic carbocycles. The maximum atomic E-state index is 12.5. The van der Waals surface area contributed by atoms with E-state index >= 15 is 0 Å². The molecule has 62 valence electrons. The van der Waals surface area contributed by atoms with Gasteiger partial charge in [-0.25, -0.2) is 4.39 Å². The number of halogens is 3. The first-order chi connectivity index (χ1) is 4.74. The molecule has 0 radical (unpaired) electrons. The molecule has 0 bridgehead atoms. The van der Waals surface area contributed by atoms with Gasteiger partial charge in [0.2, 0.25) is 0 Å². The van der Waals surface area contributed by atoms with E-state index in [4.69, 9.17) is 17.4 Å². The summed E-state index contributed by atoms with van der Waals surface area (Å²) in [6.45, 7) is 0. The number of anilines is 1. The van der Waals surface area contributed by atoms with Crippen molar-refractivity contribution in [1.82, 2.24) is 0 Å². The van der Waals surface area contributed by atoms with Gasteiger partial charge in [-0.3, -0.25) is 5.84 Å². The number of hydrogen-bond donors (Lipinski definition) is 2. The van der Waals surface area contributed by atoms with Crippen molar-refractivity contribution in [1.29, 1.82) is 0 Å². The molecular formula is C6H7Cl2FN2. The van der Waals surface area contributed by atoms with Gasteiger partial charge in [-0.2, -0.15) is 0 Å². The molecule has 0 aliphatic rings. The van der Waals surface area contributed by atoms with Gasteiger partial charge in [-0.1, -0.05) is 11.6 Å². The molecule has 0 atom stereocenters. The van der Waals surface area contributed by atoms with Gasteiger partial charge in [0.1, 0.15) is 5.82 Å². The minimum atomic E-state index is -0.475. The molecule has 0 saturated carbocycles. The van der Waals surface area contributed by atoms with Crippen LogP contribution in [0.1, 0.15) is 0 Å². The third kappa shape index (κ3) is 2.54. The Morgan fingerprint density at radius 2 is 2.09 bits per heavy atom. The maximum Gasteiger partial charge on any atom is 0.143 e. The van der Waals surface area contributed by atoms with E-state index in [9.17, 15) is 4.39 Å². The molecule has 0 heterocycles. The summed E-state index contributed by atoms with van der Waals surface area (Å²) in [5, 5.41) is 0.0963. The molecule has 1 aromatic carbocycles. The highest BCUT2D eigenvalue weighted by atomic mass is 35.5. The van der Waals surface area contributed by atoms with Crippen molar-refractivity contribution in [3.63, 3.8) is 0 Å². The zero-order chi connectivity index (χ0) is 7.56. The molecular weight excluding hydrogens is 190 g/mol. The Morgan fingerprint density at radius 1 is 1.45 bits per heavy atom. The van der Waals surface area contributed by atoms with Gasteiger partial charge in [0.15, 0.2) is 0 Å². The van der Waals surface area contributed by atoms with Crippen LogP contribution < -0.4 is 11.3 Å². The second kappa shape index (κ2) is 4.38. The van der Waals surface area contributed by atoms with E-state index in [0.717, 1.165) is 0 Å². The van der Waals surface area contributed by atoms with Crippen molar-refractivity contribution < 1.29 is 4.39 Å². The minimum Gasteiger partial charge on any atom is -0.324 e. The molecule has 0 spiro atoms. The van der Waals surface area contributed by atoms with Gasteiger partial charge in [0.25, 0.3) is 0 Å². The van der Waals surface area contributed by atoms with Crippen LogP contribution in [0.5, 0.6) is 0 Å². The summed E-state index contributed by atoms with van der Waals surface area (Å²) < 4.78 is 12.5. The summed E-state index contributed by atoms with van der Waals surface area (Å²) in [5.74, 6) is 4.53. The van der Waals surface area contributed by atoms with Gasteiger partial charge in [0.05, 0.1) is 10.7 Å². The molecule has 1 aromatic rings. The van der Waals surface area contributed by atoms with Crippen LogP contribution in [0.15, 0.2) is 18.2 Å². The number of rotatable bonds is 1. The van der Waals surface area contributed by atoms with E-state index in [2.05, 4.69) is 5.43 Å². The number of nitrogen functional groups attached to an aromatic ring is 1. The number of benzene rings is 1. The Labute approximate surface area is 74.9 Å². The molecule has 0 fully saturated rings. The molecule has 5 heteroatoms. The first-order valence-corrected chi connectivity index (χ1v) is 3.03. The number of hydrazine groups is 1. The van der Waals surface area contributed by atoms with Crippen LogP contribution in [0.4, 0.5) is 10.1 Å². The molecule has 0 unspecified atom stereocenters. The standard InChI is InChI=1S/C6H6ClFN2.ClH/c7-5-2-1-4(10-9)3-6(5)8;/h1-3,10H,9H2;1H. The van der Waals surface area contributed by atoms with Crippen molar-refractivity contribution >= 4 is 29.7 Å². The Bertz CT molecular complexity index is 242. The van der Waals surface area contributed by atoms with Crippen molar-refractivity contribution in [3.8, 4) is 0 Å². The van der Waals surface area contributed by atoms with E-state index in [-0.39, 0.29) is 17.4 Å². The highest BCUT2D eigenvalue weighted by Gasteiger charge is 1.97. The summed E-state index contributed by atoms with van der Waals surface area (Å²) in [6.07, 6.45) is 0. The normalized spacial score (nSPS) is 8.64. The Balaban J connectivity index is 0.000001000. The largest absolute Gasteiger partial charge is 0.324 e. The highest BCUT2D eigenvalue weighted by Crippen LogP contribution is 2.17. The van der Waals surface area contributed by atoms with Crippen molar-refractivity contribution in [3.05, 3.63) is 29.0 Å². The first kappa shape index (κ1) is 10.5. The number of hydrogen-bond acceptors (Lipinski definition) is 2. The van der Waals surface area contributed by atoms with Crippen molar-refractivity contribution in [2.45, 2.75) is 0 Å². The molecule has 0 aliphatic heterocycles. The third-order valence-electron chi connectivity index (χ3n) is 1.09. The molecule has 11 heavy (non-hydrogen) atoms. The van der Waals surface area contributed by atoms with E-state index in [1.54, 1.807) is 6.07 Å². The fourth-order valence-electron chi connectivity index (χ4n) is 0.586. The lowest BCUT2D eigenvalue weighted by Crippen LogP contribution is -2.06. The summed E-state index contributed by atoms with van der Waals surface area (Å²) >= 11 is 5.39. The summed E-state index contributed by atoms with van der Waals surface area (Å²) in [4.78, 5) is 0. The second-order valence-electron chi connectivity index (χ2n) is 1.77. The average Bonchev–Trinajstić information content (AvgIpc) is 1.95. The lowest BCUT2D eigenvalue weighted by molar-refractivity contribution is 0.628. The highest BCUT2D eigenvalue weighted by molar-refractivity contribution is 6.30. The molecule has 0 saturated heterocycles. The van der Waals surface area contributed by atoms with Crippen LogP contribution >= 0.6 is 24.0 Å². The predicted molar refractivity (Wildman–Crippen MR) is 46.5 cm³/mol. The molecule has 0 aromatic heterocycles. The lowest BCUT2D eigenvalue weighted by Gasteiger charge is -1.98. The average molecular weight is 197 g/mol. The quantitative estimate of drug-likeness (QED) is 0.534. The van der Waals surface area contributed by atoms with E-state index in [1.165, 1.54) is 12.1 Å². The molecule has 3 N–H and O–H groups in total. The maximum absolute atomic E-state index is 12.5. The van der Waals surface area contributed by atoms with Crippen LogP contribution in [0, 0.1) is 5.82 Å². The summed E-state index contributed by atoms with van der Waals surface area (Å²) in [6, 6.07) is 4.25. The Morgan fingerprint density at radius 3 is 2.55 bits per heavy atom. The fraction of sp³-hybridized carbons (Fsp3) is 0. The van der Waals surface area contributed by atoms with Crippen LogP contribution in [-0.4, -0.2) is 0 Å². The monoisotopic (exact) mass is 196 g/mol. The molecule has 0 amide bonds. The molecule has 2 nitrogen and oxygen atoms in total. The summed E-state index contributed by atoms with van der Waals surface area (Å²) in [5.41, 5.74) is 2.80. The van der Waals surface area contributed by atoms with Crippen LogP contribution in [0.3, 0.4) is 0 Å². The van der Waals surface area contributed by atoms with Gasteiger partial charge >= 0.3 is 0 Å². The van der Waals surface area contributed by atoms with Gasteiger partial charge < -0.3 is 5.43 Å². The number of nitrogens with one attached hydrogen (secondary N) is 1. The fourth-order valence-corrected chi connectivity index (χ4v) is 0.703. The van der Waals surface area contributed by atoms with E-state index < -0.39 is 5.82 Å². The topological polar surface area (TPSA) is 38.0 Å².